The summed E-state index contributed by atoms with van der Waals surface area (Å²) in [4.78, 5) is 12.4. The van der Waals surface area contributed by atoms with Gasteiger partial charge in [-0.1, -0.05) is 25.7 Å². The highest BCUT2D eigenvalue weighted by Crippen LogP contribution is 2.33. The van der Waals surface area contributed by atoms with Crippen LogP contribution >= 0.6 is 0 Å². The van der Waals surface area contributed by atoms with Gasteiger partial charge in [-0.25, -0.2) is 0 Å². The Hall–Kier alpha value is -0.610. The number of carbonyl (C=O) groups excluding carboxylic acids is 1. The third kappa shape index (κ3) is 2.86. The van der Waals surface area contributed by atoms with E-state index >= 15 is 0 Å². The van der Waals surface area contributed by atoms with Gasteiger partial charge < -0.3 is 16.2 Å². The van der Waals surface area contributed by atoms with Crippen molar-refractivity contribution in [2.75, 3.05) is 13.2 Å². The number of nitrogens with one attached hydrogen (secondary N) is 1. The van der Waals surface area contributed by atoms with Crippen molar-refractivity contribution in [2.45, 2.75) is 56.9 Å². The lowest BCUT2D eigenvalue weighted by atomic mass is 9.81. The van der Waals surface area contributed by atoms with Crippen molar-refractivity contribution in [3.8, 4) is 0 Å². The quantitative estimate of drug-likeness (QED) is 0.705. The minimum Gasteiger partial charge on any atom is -0.394 e. The molecule has 0 saturated heterocycles. The molecule has 0 heterocycles. The summed E-state index contributed by atoms with van der Waals surface area (Å²) >= 11 is 0. The van der Waals surface area contributed by atoms with Crippen LogP contribution in [0.15, 0.2) is 0 Å². The molecule has 2 atom stereocenters. The first-order valence-corrected chi connectivity index (χ1v) is 7.34. The molecule has 2 fully saturated rings. The molecule has 0 radical (unpaired) electrons. The summed E-state index contributed by atoms with van der Waals surface area (Å²) in [5, 5.41) is 12.8. The van der Waals surface area contributed by atoms with Crippen molar-refractivity contribution in [2.24, 2.45) is 17.6 Å². The molecule has 2 unspecified atom stereocenters. The highest BCUT2D eigenvalue weighted by Gasteiger charge is 2.38. The molecule has 0 bridgehead atoms. The van der Waals surface area contributed by atoms with Crippen molar-refractivity contribution in [1.29, 1.82) is 0 Å². The van der Waals surface area contributed by atoms with Crippen LogP contribution in [0, 0.1) is 11.8 Å². The predicted octanol–water partition coefficient (Wildman–Crippen LogP) is 1.17. The minimum atomic E-state index is -0.350. The first-order chi connectivity index (χ1) is 8.71. The van der Waals surface area contributed by atoms with Crippen molar-refractivity contribution >= 4 is 5.91 Å². The number of aliphatic hydroxyl groups is 1. The van der Waals surface area contributed by atoms with E-state index in [1.807, 2.05) is 0 Å². The van der Waals surface area contributed by atoms with Crippen molar-refractivity contribution in [1.82, 2.24) is 5.32 Å². The Labute approximate surface area is 109 Å². The van der Waals surface area contributed by atoms with Gasteiger partial charge in [0.1, 0.15) is 0 Å². The number of carbonyl (C=O) groups is 1. The van der Waals surface area contributed by atoms with Crippen LogP contribution in [-0.2, 0) is 4.79 Å². The predicted molar refractivity (Wildman–Crippen MR) is 70.9 cm³/mol. The molecule has 4 N–H and O–H groups in total. The van der Waals surface area contributed by atoms with Crippen molar-refractivity contribution < 1.29 is 9.90 Å². The Morgan fingerprint density at radius 2 is 1.94 bits per heavy atom. The van der Waals surface area contributed by atoms with E-state index in [-0.39, 0.29) is 24.0 Å². The maximum absolute atomic E-state index is 12.4. The van der Waals surface area contributed by atoms with E-state index in [4.69, 9.17) is 5.73 Å². The summed E-state index contributed by atoms with van der Waals surface area (Å²) in [6, 6.07) is 0. The van der Waals surface area contributed by atoms with E-state index < -0.39 is 0 Å². The van der Waals surface area contributed by atoms with Gasteiger partial charge in [-0.2, -0.15) is 0 Å². The van der Waals surface area contributed by atoms with Gasteiger partial charge in [-0.05, 0) is 38.1 Å². The van der Waals surface area contributed by atoms with Crippen LogP contribution in [0.5, 0.6) is 0 Å². The zero-order valence-electron chi connectivity index (χ0n) is 11.2. The second kappa shape index (κ2) is 6.02. The molecule has 2 saturated carbocycles. The molecule has 0 spiro atoms. The lowest BCUT2D eigenvalue weighted by Gasteiger charge is -2.37. The largest absolute Gasteiger partial charge is 0.394 e. The van der Waals surface area contributed by atoms with Crippen LogP contribution in [0.25, 0.3) is 0 Å². The first-order valence-electron chi connectivity index (χ1n) is 7.34. The average molecular weight is 254 g/mol. The number of hydrogen-bond acceptors (Lipinski definition) is 3. The number of nitrogens with two attached hydrogens (primary N) is 1. The van der Waals surface area contributed by atoms with Crippen LogP contribution in [0.1, 0.15) is 51.4 Å². The Morgan fingerprint density at radius 1 is 1.22 bits per heavy atom. The molecule has 0 aromatic heterocycles. The summed E-state index contributed by atoms with van der Waals surface area (Å²) in [6.45, 7) is 0.670. The SMILES string of the molecule is NCC1CCCC1C(=O)NC1(CO)CCCCC1. The molecule has 1 amide bonds. The summed E-state index contributed by atoms with van der Waals surface area (Å²) < 4.78 is 0. The minimum absolute atomic E-state index is 0.0682. The molecule has 2 aliphatic carbocycles. The third-order valence-corrected chi connectivity index (χ3v) is 4.80. The second-order valence-electron chi connectivity index (χ2n) is 6.02. The van der Waals surface area contributed by atoms with E-state index in [2.05, 4.69) is 5.32 Å². The average Bonchev–Trinajstić information content (AvgIpc) is 2.88. The summed E-state index contributed by atoms with van der Waals surface area (Å²) in [5.41, 5.74) is 5.38. The van der Waals surface area contributed by atoms with Gasteiger partial charge in [0.05, 0.1) is 12.1 Å². The van der Waals surface area contributed by atoms with E-state index in [9.17, 15) is 9.90 Å². The zero-order chi connectivity index (χ0) is 13.0. The van der Waals surface area contributed by atoms with E-state index in [0.717, 1.165) is 44.9 Å². The van der Waals surface area contributed by atoms with E-state index in [1.165, 1.54) is 6.42 Å². The molecule has 0 aliphatic heterocycles. The fourth-order valence-electron chi connectivity index (χ4n) is 3.57. The molecule has 0 aromatic rings. The van der Waals surface area contributed by atoms with Crippen LogP contribution in [0.3, 0.4) is 0 Å². The fraction of sp³-hybridized carbons (Fsp3) is 0.929. The van der Waals surface area contributed by atoms with Crippen LogP contribution in [-0.4, -0.2) is 29.7 Å². The topological polar surface area (TPSA) is 75.4 Å². The molecule has 4 nitrogen and oxygen atoms in total. The number of aliphatic hydroxyl groups excluding tert-OH is 1. The number of amides is 1. The van der Waals surface area contributed by atoms with Gasteiger partial charge in [0.25, 0.3) is 0 Å². The van der Waals surface area contributed by atoms with Gasteiger partial charge in [0, 0.05) is 5.92 Å². The normalized spacial score (nSPS) is 31.2. The monoisotopic (exact) mass is 254 g/mol. The van der Waals surface area contributed by atoms with Crippen LogP contribution < -0.4 is 11.1 Å². The first kappa shape index (κ1) is 13.8. The summed E-state index contributed by atoms with van der Waals surface area (Å²) in [5.74, 6) is 0.531. The molecule has 0 aromatic carbocycles. The molecule has 18 heavy (non-hydrogen) atoms. The zero-order valence-corrected chi connectivity index (χ0v) is 11.2. The number of rotatable bonds is 4. The highest BCUT2D eigenvalue weighted by molar-refractivity contribution is 5.80. The maximum atomic E-state index is 12.4. The Morgan fingerprint density at radius 3 is 2.56 bits per heavy atom. The third-order valence-electron chi connectivity index (χ3n) is 4.80. The summed E-state index contributed by atoms with van der Waals surface area (Å²) in [7, 11) is 0. The summed E-state index contributed by atoms with van der Waals surface area (Å²) in [6.07, 6.45) is 8.37. The smallest absolute Gasteiger partial charge is 0.223 e. The lowest BCUT2D eigenvalue weighted by Crippen LogP contribution is -2.54. The molecule has 2 aliphatic rings. The molecule has 2 rings (SSSR count). The fourth-order valence-corrected chi connectivity index (χ4v) is 3.57. The van der Waals surface area contributed by atoms with Crippen LogP contribution in [0.4, 0.5) is 0 Å². The Balaban J connectivity index is 1.96. The van der Waals surface area contributed by atoms with E-state index in [1.54, 1.807) is 0 Å². The molecule has 4 heteroatoms. The van der Waals surface area contributed by atoms with Crippen molar-refractivity contribution in [3.05, 3.63) is 0 Å². The molecular weight excluding hydrogens is 228 g/mol. The Bertz CT molecular complexity index is 288. The number of hydrogen-bond donors (Lipinski definition) is 3. The molecular formula is C14H26N2O2. The maximum Gasteiger partial charge on any atom is 0.223 e. The molecule has 104 valence electrons. The Kier molecular flexibility index (Phi) is 4.62. The second-order valence-corrected chi connectivity index (χ2v) is 6.02. The van der Waals surface area contributed by atoms with Gasteiger partial charge >= 0.3 is 0 Å². The van der Waals surface area contributed by atoms with Gasteiger partial charge in [-0.3, -0.25) is 4.79 Å². The van der Waals surface area contributed by atoms with E-state index in [0.29, 0.717) is 12.5 Å². The van der Waals surface area contributed by atoms with Gasteiger partial charge in [0.2, 0.25) is 5.91 Å². The lowest BCUT2D eigenvalue weighted by molar-refractivity contribution is -0.129. The van der Waals surface area contributed by atoms with Crippen molar-refractivity contribution in [3.63, 3.8) is 0 Å². The highest BCUT2D eigenvalue weighted by atomic mass is 16.3. The van der Waals surface area contributed by atoms with Gasteiger partial charge in [-0.15, -0.1) is 0 Å². The van der Waals surface area contributed by atoms with Gasteiger partial charge in [0.15, 0.2) is 0 Å². The standard InChI is InChI=1S/C14H26N2O2/c15-9-11-5-4-6-12(11)13(18)16-14(10-17)7-2-1-3-8-14/h11-12,17H,1-10,15H2,(H,16,18). The van der Waals surface area contributed by atoms with Crippen LogP contribution in [0.2, 0.25) is 0 Å².